The van der Waals surface area contributed by atoms with Gasteiger partial charge in [-0.25, -0.2) is 14.8 Å². The van der Waals surface area contributed by atoms with Gasteiger partial charge in [0.25, 0.3) is 0 Å². The minimum atomic E-state index is -0.317. The fraction of sp³-hybridized carbons (Fsp3) is 0.391. The first kappa shape index (κ1) is 21.2. The van der Waals surface area contributed by atoms with Gasteiger partial charge >= 0.3 is 5.97 Å². The van der Waals surface area contributed by atoms with Crippen molar-refractivity contribution in [1.82, 2.24) is 9.97 Å². The number of nitrogens with zero attached hydrogens (tertiary/aromatic N) is 3. The van der Waals surface area contributed by atoms with Gasteiger partial charge in [-0.2, -0.15) is 0 Å². The normalized spacial score (nSPS) is 14.6. The molecule has 4 rings (SSSR count). The number of carbonyl (C=O) groups is 2. The number of fused-ring (bicyclic) bond motifs is 1. The molecule has 3 aromatic rings. The van der Waals surface area contributed by atoms with E-state index in [1.54, 1.807) is 6.92 Å². The Bertz CT molecular complexity index is 1100. The summed E-state index contributed by atoms with van der Waals surface area (Å²) < 4.78 is 5.21. The minimum Gasteiger partial charge on any atom is -0.462 e. The number of hydrogen-bond acceptors (Lipinski definition) is 7. The lowest BCUT2D eigenvalue weighted by Gasteiger charge is -2.32. The van der Waals surface area contributed by atoms with Crippen LogP contribution >= 0.6 is 11.3 Å². The third-order valence-corrected chi connectivity index (χ3v) is 6.72. The van der Waals surface area contributed by atoms with E-state index in [4.69, 9.17) is 9.72 Å². The Hall–Kier alpha value is -3.00. The van der Waals surface area contributed by atoms with Gasteiger partial charge < -0.3 is 15.0 Å². The Kier molecular flexibility index (Phi) is 6.18. The zero-order chi connectivity index (χ0) is 22.0. The van der Waals surface area contributed by atoms with Crippen LogP contribution in [0.1, 0.15) is 40.8 Å². The van der Waals surface area contributed by atoms with Gasteiger partial charge in [-0.1, -0.05) is 18.2 Å². The molecular weight excluding hydrogens is 412 g/mol. The Balaban J connectivity index is 1.53. The second-order valence-electron chi connectivity index (χ2n) is 7.67. The topological polar surface area (TPSA) is 84.4 Å². The van der Waals surface area contributed by atoms with Crippen molar-refractivity contribution in [3.05, 3.63) is 46.6 Å². The first-order chi connectivity index (χ1) is 15.0. The molecule has 31 heavy (non-hydrogen) atoms. The molecule has 1 aliphatic rings. The highest BCUT2D eigenvalue weighted by atomic mass is 32.1. The molecule has 1 aromatic carbocycles. The zero-order valence-corrected chi connectivity index (χ0v) is 18.8. The lowest BCUT2D eigenvalue weighted by Crippen LogP contribution is -2.38. The highest BCUT2D eigenvalue weighted by molar-refractivity contribution is 7.20. The van der Waals surface area contributed by atoms with E-state index >= 15 is 0 Å². The van der Waals surface area contributed by atoms with E-state index in [1.807, 2.05) is 44.2 Å². The van der Waals surface area contributed by atoms with Crippen LogP contribution in [0.5, 0.6) is 0 Å². The van der Waals surface area contributed by atoms with Gasteiger partial charge in [0.15, 0.2) is 0 Å². The van der Waals surface area contributed by atoms with Crippen LogP contribution in [0.4, 0.5) is 11.5 Å². The van der Waals surface area contributed by atoms with Gasteiger partial charge in [0.2, 0.25) is 5.91 Å². The second-order valence-corrected chi connectivity index (χ2v) is 8.67. The van der Waals surface area contributed by atoms with Gasteiger partial charge in [0, 0.05) is 24.7 Å². The molecule has 1 N–H and O–H groups in total. The number of rotatable bonds is 5. The molecule has 0 spiro atoms. The van der Waals surface area contributed by atoms with Crippen molar-refractivity contribution in [1.29, 1.82) is 0 Å². The van der Waals surface area contributed by atoms with Gasteiger partial charge in [-0.05, 0) is 51.3 Å². The van der Waals surface area contributed by atoms with Gasteiger partial charge in [-0.3, -0.25) is 4.79 Å². The number of benzene rings is 1. The number of ether oxygens (including phenoxy) is 1. The van der Waals surface area contributed by atoms with Crippen LogP contribution in [-0.4, -0.2) is 41.5 Å². The van der Waals surface area contributed by atoms with Crippen molar-refractivity contribution >= 4 is 44.9 Å². The summed E-state index contributed by atoms with van der Waals surface area (Å²) >= 11 is 1.35. The van der Waals surface area contributed by atoms with Crippen molar-refractivity contribution in [3.63, 3.8) is 0 Å². The summed E-state index contributed by atoms with van der Waals surface area (Å²) in [4.78, 5) is 37.9. The molecule has 0 atom stereocenters. The van der Waals surface area contributed by atoms with E-state index in [0.29, 0.717) is 17.3 Å². The molecule has 3 heterocycles. The Morgan fingerprint density at radius 1 is 1.16 bits per heavy atom. The molecule has 2 aromatic heterocycles. The minimum absolute atomic E-state index is 0.0338. The number of aryl methyl sites for hydroxylation is 2. The number of piperidine rings is 1. The first-order valence-corrected chi connectivity index (χ1v) is 11.3. The number of hydrogen-bond donors (Lipinski definition) is 1. The van der Waals surface area contributed by atoms with Crippen LogP contribution in [0.15, 0.2) is 30.3 Å². The SMILES string of the molecule is CCOC(=O)c1sc2nc(C)nc(N3CCC(C(=O)Nc4ccccc4)CC3)c2c1C. The Morgan fingerprint density at radius 3 is 2.55 bits per heavy atom. The van der Waals surface area contributed by atoms with Crippen LogP contribution in [0.25, 0.3) is 10.2 Å². The maximum Gasteiger partial charge on any atom is 0.348 e. The van der Waals surface area contributed by atoms with Crippen LogP contribution in [0, 0.1) is 19.8 Å². The molecule has 0 radical (unpaired) electrons. The van der Waals surface area contributed by atoms with Crippen molar-refractivity contribution in [2.75, 3.05) is 29.9 Å². The van der Waals surface area contributed by atoms with Crippen molar-refractivity contribution < 1.29 is 14.3 Å². The van der Waals surface area contributed by atoms with E-state index in [2.05, 4.69) is 15.2 Å². The van der Waals surface area contributed by atoms with Crippen LogP contribution in [0.3, 0.4) is 0 Å². The second kappa shape index (κ2) is 9.01. The summed E-state index contributed by atoms with van der Waals surface area (Å²) in [6, 6.07) is 9.55. The molecule has 162 valence electrons. The molecule has 0 saturated carbocycles. The average molecular weight is 439 g/mol. The molecular formula is C23H26N4O3S. The summed E-state index contributed by atoms with van der Waals surface area (Å²) in [5, 5.41) is 3.92. The number of para-hydroxylation sites is 1. The molecule has 1 fully saturated rings. The molecule has 7 nitrogen and oxygen atoms in total. The van der Waals surface area contributed by atoms with E-state index < -0.39 is 0 Å². The van der Waals surface area contributed by atoms with E-state index in [1.165, 1.54) is 11.3 Å². The van der Waals surface area contributed by atoms with Crippen LogP contribution < -0.4 is 10.2 Å². The number of carbonyl (C=O) groups excluding carboxylic acids is 2. The monoisotopic (exact) mass is 438 g/mol. The van der Waals surface area contributed by atoms with E-state index in [0.717, 1.165) is 53.2 Å². The molecule has 1 amide bonds. The van der Waals surface area contributed by atoms with Crippen molar-refractivity contribution in [2.24, 2.45) is 5.92 Å². The van der Waals surface area contributed by atoms with Gasteiger partial charge in [-0.15, -0.1) is 11.3 Å². The maximum absolute atomic E-state index is 12.7. The summed E-state index contributed by atoms with van der Waals surface area (Å²) in [7, 11) is 0. The summed E-state index contributed by atoms with van der Waals surface area (Å²) in [5.41, 5.74) is 1.68. The number of aromatic nitrogens is 2. The third-order valence-electron chi connectivity index (χ3n) is 5.55. The first-order valence-electron chi connectivity index (χ1n) is 10.5. The van der Waals surface area contributed by atoms with Crippen LogP contribution in [0.2, 0.25) is 0 Å². The van der Waals surface area contributed by atoms with E-state index in [9.17, 15) is 9.59 Å². The zero-order valence-electron chi connectivity index (χ0n) is 18.0. The smallest absolute Gasteiger partial charge is 0.348 e. The molecule has 0 aliphatic carbocycles. The lowest BCUT2D eigenvalue weighted by molar-refractivity contribution is -0.120. The lowest BCUT2D eigenvalue weighted by atomic mass is 9.95. The number of nitrogens with one attached hydrogen (secondary N) is 1. The van der Waals surface area contributed by atoms with Crippen molar-refractivity contribution in [3.8, 4) is 0 Å². The van der Waals surface area contributed by atoms with E-state index in [-0.39, 0.29) is 17.8 Å². The largest absolute Gasteiger partial charge is 0.462 e. The molecule has 1 aliphatic heterocycles. The molecule has 1 saturated heterocycles. The third kappa shape index (κ3) is 4.39. The van der Waals surface area contributed by atoms with Gasteiger partial charge in [0.05, 0.1) is 12.0 Å². The number of esters is 1. The fourth-order valence-corrected chi connectivity index (χ4v) is 5.08. The van der Waals surface area contributed by atoms with Crippen LogP contribution in [-0.2, 0) is 9.53 Å². The fourth-order valence-electron chi connectivity index (χ4n) is 3.96. The predicted octanol–water partition coefficient (Wildman–Crippen LogP) is 4.34. The molecule has 8 heteroatoms. The maximum atomic E-state index is 12.7. The summed E-state index contributed by atoms with van der Waals surface area (Å²) in [5.74, 6) is 1.22. The summed E-state index contributed by atoms with van der Waals surface area (Å²) in [6.45, 7) is 7.37. The average Bonchev–Trinajstić information content (AvgIpc) is 3.10. The standard InChI is InChI=1S/C23H26N4O3S/c1-4-30-23(29)19-14(2)18-20(24-15(3)25-22(18)31-19)27-12-10-16(11-13-27)21(28)26-17-8-6-5-7-9-17/h5-9,16H,4,10-13H2,1-3H3,(H,26,28). The molecule has 0 unspecified atom stereocenters. The highest BCUT2D eigenvalue weighted by Gasteiger charge is 2.29. The number of amides is 1. The number of anilines is 2. The predicted molar refractivity (Wildman–Crippen MR) is 123 cm³/mol. The Morgan fingerprint density at radius 2 is 1.87 bits per heavy atom. The molecule has 0 bridgehead atoms. The van der Waals surface area contributed by atoms with Crippen molar-refractivity contribution in [2.45, 2.75) is 33.6 Å². The quantitative estimate of drug-likeness (QED) is 0.597. The van der Waals surface area contributed by atoms with Gasteiger partial charge in [0.1, 0.15) is 21.3 Å². The highest BCUT2D eigenvalue weighted by Crippen LogP contribution is 2.37. The Labute approximate surface area is 185 Å². The summed E-state index contributed by atoms with van der Waals surface area (Å²) in [6.07, 6.45) is 1.49. The number of thiophene rings is 1.